The molecule has 0 aliphatic rings. The molecule has 0 aliphatic carbocycles. The number of hydrogen-bond acceptors (Lipinski definition) is 4. The van der Waals surface area contributed by atoms with E-state index in [0.717, 1.165) is 11.3 Å². The molecule has 0 bridgehead atoms. The van der Waals surface area contributed by atoms with Gasteiger partial charge in [0.2, 0.25) is 0 Å². The normalized spacial score (nSPS) is 11.6. The zero-order chi connectivity index (χ0) is 15.7. The molecular formula is C15H22N2O4. The first-order chi connectivity index (χ1) is 10.1. The Morgan fingerprint density at radius 2 is 1.86 bits per heavy atom. The number of ether oxygens (including phenoxy) is 1. The van der Waals surface area contributed by atoms with E-state index in [1.165, 1.54) is 0 Å². The Hall–Kier alpha value is -2.08. The summed E-state index contributed by atoms with van der Waals surface area (Å²) in [5, 5.41) is 14.0. The summed E-state index contributed by atoms with van der Waals surface area (Å²) in [6, 6.07) is 6.87. The fraction of sp³-hybridized carbons (Fsp3) is 0.467. The summed E-state index contributed by atoms with van der Waals surface area (Å²) in [5.41, 5.74) is 0.869. The van der Waals surface area contributed by atoms with E-state index in [1.807, 2.05) is 38.1 Å². The lowest BCUT2D eigenvalue weighted by molar-refractivity contribution is -0.139. The molecule has 6 nitrogen and oxygen atoms in total. The van der Waals surface area contributed by atoms with Gasteiger partial charge in [-0.15, -0.1) is 0 Å². The molecule has 21 heavy (non-hydrogen) atoms. The molecule has 1 aromatic carbocycles. The summed E-state index contributed by atoms with van der Waals surface area (Å²) in [5.74, 6) is -0.684. The number of rotatable bonds is 7. The van der Waals surface area contributed by atoms with Crippen LogP contribution in [0.1, 0.15) is 25.8 Å². The first kappa shape index (κ1) is 17.0. The average molecular weight is 294 g/mol. The van der Waals surface area contributed by atoms with Crippen molar-refractivity contribution in [1.29, 1.82) is 0 Å². The van der Waals surface area contributed by atoms with Crippen LogP contribution in [0.5, 0.6) is 5.75 Å². The third-order valence-corrected chi connectivity index (χ3v) is 2.94. The number of amides is 2. The van der Waals surface area contributed by atoms with Crippen LogP contribution < -0.4 is 15.4 Å². The molecule has 2 amide bonds. The number of aliphatic hydroxyl groups excluding tert-OH is 1. The van der Waals surface area contributed by atoms with Gasteiger partial charge in [0.05, 0.1) is 19.3 Å². The van der Waals surface area contributed by atoms with E-state index in [4.69, 9.17) is 9.84 Å². The van der Waals surface area contributed by atoms with Gasteiger partial charge in [-0.1, -0.05) is 19.1 Å². The first-order valence-electron chi connectivity index (χ1n) is 7.02. The van der Waals surface area contributed by atoms with Crippen LogP contribution in [0, 0.1) is 0 Å². The fourth-order valence-corrected chi connectivity index (χ4v) is 1.66. The molecule has 0 fully saturated rings. The standard InChI is InChI=1S/C15H22N2O4/c1-3-12(10-18)17-15(20)14(19)16-9-11-5-7-13(8-6-11)21-4-2/h5-8,12,18H,3-4,9-10H2,1-2H3,(H,16,19)(H,17,20)/t12-/m0/s1. The highest BCUT2D eigenvalue weighted by atomic mass is 16.5. The molecule has 116 valence electrons. The maximum Gasteiger partial charge on any atom is 0.309 e. The second-order valence-corrected chi connectivity index (χ2v) is 4.52. The van der Waals surface area contributed by atoms with Gasteiger partial charge in [-0.25, -0.2) is 0 Å². The highest BCUT2D eigenvalue weighted by molar-refractivity contribution is 6.35. The third kappa shape index (κ3) is 5.83. The quantitative estimate of drug-likeness (QED) is 0.642. The predicted octanol–water partition coefficient (Wildman–Crippen LogP) is 0.589. The second kappa shape index (κ2) is 8.97. The number of carbonyl (C=O) groups excluding carboxylic acids is 2. The van der Waals surface area contributed by atoms with Crippen molar-refractivity contribution in [1.82, 2.24) is 10.6 Å². The molecule has 6 heteroatoms. The highest BCUT2D eigenvalue weighted by Gasteiger charge is 2.16. The van der Waals surface area contributed by atoms with E-state index in [2.05, 4.69) is 10.6 Å². The molecule has 0 spiro atoms. The van der Waals surface area contributed by atoms with Gasteiger partial charge in [-0.2, -0.15) is 0 Å². The number of carbonyl (C=O) groups is 2. The van der Waals surface area contributed by atoms with Gasteiger partial charge in [0.25, 0.3) is 0 Å². The molecule has 0 radical (unpaired) electrons. The van der Waals surface area contributed by atoms with Crippen molar-refractivity contribution in [3.8, 4) is 5.75 Å². The number of benzene rings is 1. The maximum absolute atomic E-state index is 11.6. The first-order valence-corrected chi connectivity index (χ1v) is 7.02. The monoisotopic (exact) mass is 294 g/mol. The molecule has 0 saturated carbocycles. The van der Waals surface area contributed by atoms with E-state index in [0.29, 0.717) is 13.0 Å². The van der Waals surface area contributed by atoms with Crippen molar-refractivity contribution in [2.24, 2.45) is 0 Å². The van der Waals surface area contributed by atoms with Crippen LogP contribution in [-0.2, 0) is 16.1 Å². The van der Waals surface area contributed by atoms with Crippen LogP contribution in [-0.4, -0.2) is 36.2 Å². The minimum Gasteiger partial charge on any atom is -0.494 e. The molecule has 0 heterocycles. The van der Waals surface area contributed by atoms with Gasteiger partial charge in [0.1, 0.15) is 5.75 Å². The Balaban J connectivity index is 2.43. The van der Waals surface area contributed by atoms with Gasteiger partial charge in [-0.05, 0) is 31.0 Å². The van der Waals surface area contributed by atoms with Crippen LogP contribution in [0.3, 0.4) is 0 Å². The lowest BCUT2D eigenvalue weighted by Gasteiger charge is -2.13. The molecule has 3 N–H and O–H groups in total. The minimum atomic E-state index is -0.734. The molecule has 0 unspecified atom stereocenters. The molecule has 0 aromatic heterocycles. The van der Waals surface area contributed by atoms with E-state index in [-0.39, 0.29) is 13.2 Å². The molecule has 0 aliphatic heterocycles. The summed E-state index contributed by atoms with van der Waals surface area (Å²) in [7, 11) is 0. The number of aliphatic hydroxyl groups is 1. The largest absolute Gasteiger partial charge is 0.494 e. The van der Waals surface area contributed by atoms with Gasteiger partial charge >= 0.3 is 11.8 Å². The molecule has 1 rings (SSSR count). The zero-order valence-corrected chi connectivity index (χ0v) is 12.4. The van der Waals surface area contributed by atoms with Crippen LogP contribution in [0.2, 0.25) is 0 Å². The van der Waals surface area contributed by atoms with Gasteiger partial charge in [0, 0.05) is 6.54 Å². The van der Waals surface area contributed by atoms with Crippen LogP contribution in [0.4, 0.5) is 0 Å². The van der Waals surface area contributed by atoms with Gasteiger partial charge in [-0.3, -0.25) is 9.59 Å². The van der Waals surface area contributed by atoms with Crippen molar-refractivity contribution < 1.29 is 19.4 Å². The molecule has 1 aromatic rings. The van der Waals surface area contributed by atoms with Crippen molar-refractivity contribution in [2.45, 2.75) is 32.9 Å². The van der Waals surface area contributed by atoms with Crippen molar-refractivity contribution in [3.63, 3.8) is 0 Å². The van der Waals surface area contributed by atoms with E-state index in [1.54, 1.807) is 0 Å². The summed E-state index contributed by atoms with van der Waals surface area (Å²) in [4.78, 5) is 23.2. The summed E-state index contributed by atoms with van der Waals surface area (Å²) in [6.45, 7) is 4.39. The Bertz CT molecular complexity index is 455. The van der Waals surface area contributed by atoms with Gasteiger partial charge in [0.15, 0.2) is 0 Å². The minimum absolute atomic E-state index is 0.186. The lowest BCUT2D eigenvalue weighted by atomic mass is 10.2. The Morgan fingerprint density at radius 1 is 1.19 bits per heavy atom. The summed E-state index contributed by atoms with van der Waals surface area (Å²) >= 11 is 0. The predicted molar refractivity (Wildman–Crippen MR) is 78.8 cm³/mol. The van der Waals surface area contributed by atoms with E-state index in [9.17, 15) is 9.59 Å². The SMILES string of the molecule is CCOc1ccc(CNC(=O)C(=O)N[C@@H](CC)CO)cc1. The van der Waals surface area contributed by atoms with Crippen LogP contribution in [0.15, 0.2) is 24.3 Å². The van der Waals surface area contributed by atoms with Crippen molar-refractivity contribution in [2.75, 3.05) is 13.2 Å². The maximum atomic E-state index is 11.6. The van der Waals surface area contributed by atoms with Crippen molar-refractivity contribution in [3.05, 3.63) is 29.8 Å². The third-order valence-electron chi connectivity index (χ3n) is 2.94. The lowest BCUT2D eigenvalue weighted by Crippen LogP contribution is -2.45. The number of nitrogens with one attached hydrogen (secondary N) is 2. The highest BCUT2D eigenvalue weighted by Crippen LogP contribution is 2.11. The van der Waals surface area contributed by atoms with Crippen molar-refractivity contribution >= 4 is 11.8 Å². The van der Waals surface area contributed by atoms with E-state index < -0.39 is 17.9 Å². The Morgan fingerprint density at radius 3 is 2.38 bits per heavy atom. The fourth-order valence-electron chi connectivity index (χ4n) is 1.66. The zero-order valence-electron chi connectivity index (χ0n) is 12.4. The summed E-state index contributed by atoms with van der Waals surface area (Å²) < 4.78 is 5.32. The molecular weight excluding hydrogens is 272 g/mol. The Kier molecular flexibility index (Phi) is 7.25. The topological polar surface area (TPSA) is 87.7 Å². The van der Waals surface area contributed by atoms with Crippen LogP contribution >= 0.6 is 0 Å². The van der Waals surface area contributed by atoms with Gasteiger partial charge < -0.3 is 20.5 Å². The summed E-state index contributed by atoms with van der Waals surface area (Å²) in [6.07, 6.45) is 0.564. The Labute approximate surface area is 124 Å². The second-order valence-electron chi connectivity index (χ2n) is 4.52. The molecule has 0 saturated heterocycles. The van der Waals surface area contributed by atoms with E-state index >= 15 is 0 Å². The molecule has 1 atom stereocenters. The number of hydrogen-bond donors (Lipinski definition) is 3. The van der Waals surface area contributed by atoms with Crippen LogP contribution in [0.25, 0.3) is 0 Å². The average Bonchev–Trinajstić information content (AvgIpc) is 2.51. The smallest absolute Gasteiger partial charge is 0.309 e.